The Bertz CT molecular complexity index is 399. The van der Waals surface area contributed by atoms with Crippen LogP contribution in [-0.4, -0.2) is 43.7 Å². The Labute approximate surface area is 127 Å². The van der Waals surface area contributed by atoms with Crippen molar-refractivity contribution in [2.75, 3.05) is 37.6 Å². The Morgan fingerprint density at radius 3 is 2.25 bits per heavy atom. The van der Waals surface area contributed by atoms with E-state index in [2.05, 4.69) is 35.8 Å². The van der Waals surface area contributed by atoms with E-state index in [9.17, 15) is 0 Å². The van der Waals surface area contributed by atoms with Crippen LogP contribution in [0.25, 0.3) is 0 Å². The molecule has 20 heavy (non-hydrogen) atoms. The molecule has 0 amide bonds. The number of anilines is 1. The Hall–Kier alpha value is -0.770. The third-order valence-electron chi connectivity index (χ3n) is 4.52. The molecule has 3 nitrogen and oxygen atoms in total. The minimum absolute atomic E-state index is 0.521. The van der Waals surface area contributed by atoms with Gasteiger partial charge in [-0.05, 0) is 30.2 Å². The molecule has 1 aliphatic heterocycles. The molecule has 2 N–H and O–H groups in total. The summed E-state index contributed by atoms with van der Waals surface area (Å²) in [6.07, 6.45) is 1.19. The molecule has 1 fully saturated rings. The molecule has 1 heterocycles. The van der Waals surface area contributed by atoms with Gasteiger partial charge in [-0.2, -0.15) is 0 Å². The normalized spacial score (nSPS) is 19.9. The van der Waals surface area contributed by atoms with Gasteiger partial charge in [0.2, 0.25) is 0 Å². The van der Waals surface area contributed by atoms with Crippen molar-refractivity contribution >= 4 is 17.3 Å². The van der Waals surface area contributed by atoms with Crippen molar-refractivity contribution in [3.8, 4) is 0 Å². The highest BCUT2D eigenvalue weighted by atomic mass is 35.5. The molecule has 0 spiro atoms. The minimum atomic E-state index is 0.521. The monoisotopic (exact) mass is 295 g/mol. The van der Waals surface area contributed by atoms with E-state index in [1.807, 2.05) is 12.1 Å². The lowest BCUT2D eigenvalue weighted by molar-refractivity contribution is 0.142. The van der Waals surface area contributed by atoms with Crippen LogP contribution in [0.2, 0.25) is 5.02 Å². The van der Waals surface area contributed by atoms with E-state index in [1.54, 1.807) is 0 Å². The Morgan fingerprint density at radius 1 is 1.15 bits per heavy atom. The van der Waals surface area contributed by atoms with Crippen molar-refractivity contribution < 1.29 is 0 Å². The van der Waals surface area contributed by atoms with Crippen LogP contribution in [-0.2, 0) is 0 Å². The van der Waals surface area contributed by atoms with Gasteiger partial charge < -0.3 is 10.6 Å². The number of benzene rings is 1. The summed E-state index contributed by atoms with van der Waals surface area (Å²) >= 11 is 5.94. The summed E-state index contributed by atoms with van der Waals surface area (Å²) in [6.45, 7) is 9.63. The van der Waals surface area contributed by atoms with Gasteiger partial charge in [0, 0.05) is 49.5 Å². The number of nitrogens with two attached hydrogens (primary N) is 1. The van der Waals surface area contributed by atoms with Crippen LogP contribution < -0.4 is 10.6 Å². The first kappa shape index (κ1) is 15.6. The van der Waals surface area contributed by atoms with Crippen molar-refractivity contribution in [2.24, 2.45) is 11.7 Å². The number of halogens is 1. The van der Waals surface area contributed by atoms with E-state index < -0.39 is 0 Å². The third kappa shape index (κ3) is 3.66. The van der Waals surface area contributed by atoms with Crippen molar-refractivity contribution in [1.82, 2.24) is 4.90 Å². The lowest BCUT2D eigenvalue weighted by Gasteiger charge is -2.41. The molecular formula is C16H26ClN3. The maximum Gasteiger partial charge on any atom is 0.0407 e. The zero-order valence-electron chi connectivity index (χ0n) is 12.6. The number of rotatable bonds is 5. The molecule has 1 saturated heterocycles. The zero-order valence-corrected chi connectivity index (χ0v) is 13.3. The molecule has 1 aromatic carbocycles. The summed E-state index contributed by atoms with van der Waals surface area (Å²) in [6, 6.07) is 8.66. The number of hydrogen-bond donors (Lipinski definition) is 1. The highest BCUT2D eigenvalue weighted by molar-refractivity contribution is 6.30. The molecule has 112 valence electrons. The average Bonchev–Trinajstić information content (AvgIpc) is 2.49. The van der Waals surface area contributed by atoms with E-state index in [0.29, 0.717) is 12.0 Å². The maximum atomic E-state index is 5.97. The van der Waals surface area contributed by atoms with Gasteiger partial charge >= 0.3 is 0 Å². The second-order valence-electron chi connectivity index (χ2n) is 5.69. The second-order valence-corrected chi connectivity index (χ2v) is 6.12. The quantitative estimate of drug-likeness (QED) is 0.907. The molecule has 2 unspecified atom stereocenters. The predicted molar refractivity (Wildman–Crippen MR) is 87.5 cm³/mol. The Kier molecular flexibility index (Phi) is 5.70. The molecule has 1 aliphatic rings. The van der Waals surface area contributed by atoms with Crippen LogP contribution in [0.1, 0.15) is 20.3 Å². The van der Waals surface area contributed by atoms with Gasteiger partial charge in [0.25, 0.3) is 0 Å². The topological polar surface area (TPSA) is 32.5 Å². The molecule has 0 radical (unpaired) electrons. The molecular weight excluding hydrogens is 270 g/mol. The third-order valence-corrected chi connectivity index (χ3v) is 4.77. The fraction of sp³-hybridized carbons (Fsp3) is 0.625. The first-order valence-electron chi connectivity index (χ1n) is 7.60. The van der Waals surface area contributed by atoms with Gasteiger partial charge in [-0.3, -0.25) is 4.90 Å². The van der Waals surface area contributed by atoms with E-state index in [4.69, 9.17) is 17.3 Å². The molecule has 4 heteroatoms. The summed E-state index contributed by atoms with van der Waals surface area (Å²) in [4.78, 5) is 4.98. The molecule has 2 rings (SSSR count). The number of nitrogens with zero attached hydrogens (tertiary/aromatic N) is 2. The first-order chi connectivity index (χ1) is 9.65. The van der Waals surface area contributed by atoms with Gasteiger partial charge in [-0.25, -0.2) is 0 Å². The fourth-order valence-electron chi connectivity index (χ4n) is 2.98. The Balaban J connectivity index is 1.93. The van der Waals surface area contributed by atoms with Crippen LogP contribution in [0.5, 0.6) is 0 Å². The van der Waals surface area contributed by atoms with Crippen molar-refractivity contribution in [3.63, 3.8) is 0 Å². The van der Waals surface area contributed by atoms with Gasteiger partial charge in [-0.15, -0.1) is 0 Å². The van der Waals surface area contributed by atoms with E-state index in [1.165, 1.54) is 12.1 Å². The van der Waals surface area contributed by atoms with Gasteiger partial charge in [0.1, 0.15) is 0 Å². The summed E-state index contributed by atoms with van der Waals surface area (Å²) in [7, 11) is 0. The standard InChI is InChI=1S/C16H26ClN3/c1-3-13(2)16(12-18)20-10-8-19(9-11-20)15-6-4-14(17)5-7-15/h4-7,13,16H,3,8-12,18H2,1-2H3. The second kappa shape index (κ2) is 7.30. The highest BCUT2D eigenvalue weighted by Gasteiger charge is 2.26. The van der Waals surface area contributed by atoms with Crippen LogP contribution >= 0.6 is 11.6 Å². The fourth-order valence-corrected chi connectivity index (χ4v) is 3.10. The Morgan fingerprint density at radius 2 is 1.75 bits per heavy atom. The summed E-state index contributed by atoms with van der Waals surface area (Å²) in [5.74, 6) is 0.669. The first-order valence-corrected chi connectivity index (χ1v) is 7.98. The largest absolute Gasteiger partial charge is 0.369 e. The summed E-state index contributed by atoms with van der Waals surface area (Å²) in [5, 5.41) is 0.798. The number of hydrogen-bond acceptors (Lipinski definition) is 3. The van der Waals surface area contributed by atoms with E-state index in [0.717, 1.165) is 37.7 Å². The van der Waals surface area contributed by atoms with Crippen LogP contribution in [0.3, 0.4) is 0 Å². The van der Waals surface area contributed by atoms with E-state index >= 15 is 0 Å². The molecule has 0 saturated carbocycles. The van der Waals surface area contributed by atoms with Crippen LogP contribution in [0.15, 0.2) is 24.3 Å². The summed E-state index contributed by atoms with van der Waals surface area (Å²) < 4.78 is 0. The van der Waals surface area contributed by atoms with Gasteiger partial charge in [0.05, 0.1) is 0 Å². The molecule has 1 aromatic rings. The predicted octanol–water partition coefficient (Wildman–Crippen LogP) is 2.84. The van der Waals surface area contributed by atoms with Crippen molar-refractivity contribution in [1.29, 1.82) is 0 Å². The maximum absolute atomic E-state index is 5.97. The highest BCUT2D eigenvalue weighted by Crippen LogP contribution is 2.21. The SMILES string of the molecule is CCC(C)C(CN)N1CCN(c2ccc(Cl)cc2)CC1. The van der Waals surface area contributed by atoms with Crippen molar-refractivity contribution in [2.45, 2.75) is 26.3 Å². The lowest BCUT2D eigenvalue weighted by Crippen LogP contribution is -2.54. The minimum Gasteiger partial charge on any atom is -0.369 e. The lowest BCUT2D eigenvalue weighted by atomic mass is 9.97. The molecule has 0 aliphatic carbocycles. The van der Waals surface area contributed by atoms with E-state index in [-0.39, 0.29) is 0 Å². The summed E-state index contributed by atoms with van der Waals surface area (Å²) in [5.41, 5.74) is 7.24. The van der Waals surface area contributed by atoms with Crippen LogP contribution in [0, 0.1) is 5.92 Å². The smallest absolute Gasteiger partial charge is 0.0407 e. The van der Waals surface area contributed by atoms with Crippen molar-refractivity contribution in [3.05, 3.63) is 29.3 Å². The van der Waals surface area contributed by atoms with Gasteiger partial charge in [0.15, 0.2) is 0 Å². The zero-order chi connectivity index (χ0) is 14.5. The van der Waals surface area contributed by atoms with Gasteiger partial charge in [-0.1, -0.05) is 31.9 Å². The molecule has 0 bridgehead atoms. The molecule has 2 atom stereocenters. The average molecular weight is 296 g/mol. The number of piperazine rings is 1. The molecule has 0 aromatic heterocycles. The van der Waals surface area contributed by atoms with Crippen LogP contribution in [0.4, 0.5) is 5.69 Å².